The second-order valence-corrected chi connectivity index (χ2v) is 14.6. The summed E-state index contributed by atoms with van der Waals surface area (Å²) in [5.41, 5.74) is 5.26. The molecule has 0 bridgehead atoms. The molecule has 15 heteroatoms. The zero-order chi connectivity index (χ0) is 38.9. The number of nitrogens with zero attached hydrogens (tertiary/aromatic N) is 6. The van der Waals surface area contributed by atoms with E-state index in [-0.39, 0.29) is 35.7 Å². The lowest BCUT2D eigenvalue weighted by molar-refractivity contribution is -0.182. The van der Waals surface area contributed by atoms with Gasteiger partial charge >= 0.3 is 6.18 Å². The number of halogens is 3. The monoisotopic (exact) mass is 753 g/mol. The number of hydrogen-bond donors (Lipinski definition) is 3. The summed E-state index contributed by atoms with van der Waals surface area (Å²) in [5, 5.41) is 15.6. The Morgan fingerprint density at radius 3 is 2.33 bits per heavy atom. The van der Waals surface area contributed by atoms with E-state index in [0.717, 1.165) is 80.2 Å². The van der Waals surface area contributed by atoms with Crippen molar-refractivity contribution in [3.8, 4) is 16.8 Å². The molecule has 12 nitrogen and oxygen atoms in total. The number of aromatic amines is 1. The first-order valence-electron chi connectivity index (χ1n) is 18.2. The lowest BCUT2D eigenvalue weighted by Crippen LogP contribution is -2.46. The van der Waals surface area contributed by atoms with Crippen molar-refractivity contribution in [3.05, 3.63) is 113 Å². The van der Waals surface area contributed by atoms with Gasteiger partial charge in [0.05, 0.1) is 29.9 Å². The predicted octanol–water partition coefficient (Wildman–Crippen LogP) is 5.58. The number of carbonyl (C=O) groups excluding carboxylic acids is 3. The standard InChI is InChI=1S/C40H42F3N9O3/c1-25-20-29(10-14-33(25)52-24-30(21-45-52)36(54)44-22-34-46-38(49-48-34)39(2,3)40(41,42)43)27-6-4-26(5-7-27)23-50-16-18-51(19-17-50)31-11-8-28(9-12-31)32-13-15-35(53)47-37(32)55/h4-12,14,20-21,24,32H,13,15-19,22-23H2,1-3H3,(H,44,54)(H,46,48,49)(H,47,53,55)/t32-/m0/s1. The summed E-state index contributed by atoms with van der Waals surface area (Å²) in [6.07, 6.45) is -0.570. The molecule has 0 spiro atoms. The van der Waals surface area contributed by atoms with Crippen molar-refractivity contribution < 1.29 is 27.6 Å². The largest absolute Gasteiger partial charge is 0.401 e. The number of amides is 3. The van der Waals surface area contributed by atoms with Gasteiger partial charge in [0, 0.05) is 51.0 Å². The number of aromatic nitrogens is 5. The number of piperidine rings is 1. The van der Waals surface area contributed by atoms with Crippen molar-refractivity contribution in [3.63, 3.8) is 0 Å². The molecule has 0 aliphatic carbocycles. The molecular formula is C40H42F3N9O3. The number of imide groups is 1. The van der Waals surface area contributed by atoms with Gasteiger partial charge in [-0.3, -0.25) is 29.7 Å². The van der Waals surface area contributed by atoms with Crippen LogP contribution in [-0.4, -0.2) is 79.9 Å². The highest BCUT2D eigenvalue weighted by Crippen LogP contribution is 2.38. The molecule has 3 aromatic carbocycles. The van der Waals surface area contributed by atoms with Gasteiger partial charge in [-0.1, -0.05) is 42.5 Å². The minimum atomic E-state index is -4.52. The second kappa shape index (κ2) is 15.1. The molecule has 2 aliphatic rings. The maximum Gasteiger partial charge on any atom is 0.401 e. The van der Waals surface area contributed by atoms with E-state index in [4.69, 9.17) is 0 Å². The number of rotatable bonds is 10. The SMILES string of the molecule is Cc1cc(-c2ccc(CN3CCN(c4ccc([C@@H]5CCC(=O)NC5=O)cc4)CC3)cc2)ccc1-n1cc(C(=O)NCc2nc(C(C)(C)C(F)(F)F)n[nH]2)cn1. The van der Waals surface area contributed by atoms with Gasteiger partial charge < -0.3 is 10.2 Å². The summed E-state index contributed by atoms with van der Waals surface area (Å²) in [7, 11) is 0. The Bertz CT molecular complexity index is 2190. The van der Waals surface area contributed by atoms with Crippen molar-refractivity contribution in [2.75, 3.05) is 31.1 Å². The number of aryl methyl sites for hydroxylation is 1. The fourth-order valence-electron chi connectivity index (χ4n) is 6.86. The van der Waals surface area contributed by atoms with Gasteiger partial charge in [-0.05, 0) is 79.3 Å². The molecule has 2 fully saturated rings. The van der Waals surface area contributed by atoms with E-state index in [0.29, 0.717) is 12.8 Å². The molecule has 5 aromatic rings. The first kappa shape index (κ1) is 37.5. The number of nitrogens with one attached hydrogen (secondary N) is 3. The maximum atomic E-state index is 13.3. The van der Waals surface area contributed by atoms with Gasteiger partial charge in [0.15, 0.2) is 5.82 Å². The molecule has 7 rings (SSSR count). The Morgan fingerprint density at radius 1 is 0.945 bits per heavy atom. The number of anilines is 1. The molecule has 286 valence electrons. The molecule has 0 saturated carbocycles. The Kier molecular flexibility index (Phi) is 10.3. The molecule has 0 radical (unpaired) electrons. The zero-order valence-electron chi connectivity index (χ0n) is 30.8. The number of carbonyl (C=O) groups is 3. The van der Waals surface area contributed by atoms with E-state index in [1.54, 1.807) is 10.9 Å². The van der Waals surface area contributed by atoms with E-state index in [1.807, 2.05) is 31.2 Å². The van der Waals surface area contributed by atoms with Crippen molar-refractivity contribution in [2.24, 2.45) is 0 Å². The molecular weight excluding hydrogens is 711 g/mol. The van der Waals surface area contributed by atoms with Crippen LogP contribution < -0.4 is 15.5 Å². The lowest BCUT2D eigenvalue weighted by Gasteiger charge is -2.36. The Labute approximate surface area is 316 Å². The van der Waals surface area contributed by atoms with Crippen LogP contribution in [0, 0.1) is 6.92 Å². The van der Waals surface area contributed by atoms with Crippen LogP contribution in [-0.2, 0) is 28.1 Å². The fraction of sp³-hybridized carbons (Fsp3) is 0.350. The Balaban J connectivity index is 0.899. The third kappa shape index (κ3) is 8.16. The molecule has 3 amide bonds. The highest BCUT2D eigenvalue weighted by molar-refractivity contribution is 6.01. The summed E-state index contributed by atoms with van der Waals surface area (Å²) < 4.78 is 41.6. The van der Waals surface area contributed by atoms with Gasteiger partial charge in [0.25, 0.3) is 5.91 Å². The third-order valence-electron chi connectivity index (χ3n) is 10.5. The number of benzene rings is 3. The van der Waals surface area contributed by atoms with Crippen molar-refractivity contribution in [1.29, 1.82) is 0 Å². The van der Waals surface area contributed by atoms with E-state index in [9.17, 15) is 27.6 Å². The van der Waals surface area contributed by atoms with Crippen molar-refractivity contribution in [2.45, 2.75) is 64.2 Å². The molecule has 3 N–H and O–H groups in total. The minimum Gasteiger partial charge on any atom is -0.369 e. The number of hydrogen-bond acceptors (Lipinski definition) is 8. The topological polar surface area (TPSA) is 141 Å². The van der Waals surface area contributed by atoms with Crippen LogP contribution in [0.3, 0.4) is 0 Å². The van der Waals surface area contributed by atoms with E-state index < -0.39 is 23.3 Å². The van der Waals surface area contributed by atoms with Crippen molar-refractivity contribution in [1.82, 2.24) is 40.5 Å². The van der Waals surface area contributed by atoms with Crippen LogP contribution in [0.5, 0.6) is 0 Å². The summed E-state index contributed by atoms with van der Waals surface area (Å²) in [4.78, 5) is 45.3. The normalized spacial score (nSPS) is 17.0. The zero-order valence-corrected chi connectivity index (χ0v) is 30.8. The van der Waals surface area contributed by atoms with E-state index in [2.05, 4.69) is 83.2 Å². The number of H-pyrrole nitrogens is 1. The lowest BCUT2D eigenvalue weighted by atomic mass is 9.90. The van der Waals surface area contributed by atoms with Gasteiger partial charge in [-0.25, -0.2) is 9.67 Å². The van der Waals surface area contributed by atoms with Crippen LogP contribution in [0.25, 0.3) is 16.8 Å². The van der Waals surface area contributed by atoms with Crippen molar-refractivity contribution >= 4 is 23.4 Å². The molecule has 0 unspecified atom stereocenters. The Morgan fingerprint density at radius 2 is 1.65 bits per heavy atom. The average Bonchev–Trinajstić information content (AvgIpc) is 3.86. The highest BCUT2D eigenvalue weighted by Gasteiger charge is 2.51. The molecule has 4 heterocycles. The molecule has 2 aliphatic heterocycles. The van der Waals surface area contributed by atoms with Gasteiger partial charge in [0.1, 0.15) is 11.2 Å². The quantitative estimate of drug-likeness (QED) is 0.157. The number of alkyl halides is 3. The van der Waals surface area contributed by atoms with Gasteiger partial charge in [0.2, 0.25) is 11.8 Å². The first-order chi connectivity index (χ1) is 26.2. The summed E-state index contributed by atoms with van der Waals surface area (Å²) in [5.74, 6) is -1.43. The summed E-state index contributed by atoms with van der Waals surface area (Å²) >= 11 is 0. The summed E-state index contributed by atoms with van der Waals surface area (Å²) in [6, 6.07) is 22.8. The molecule has 2 aromatic heterocycles. The van der Waals surface area contributed by atoms with Crippen LogP contribution in [0.1, 0.15) is 71.3 Å². The Hall–Kier alpha value is -5.83. The van der Waals surface area contributed by atoms with Crippen LogP contribution in [0.4, 0.5) is 18.9 Å². The average molecular weight is 754 g/mol. The van der Waals surface area contributed by atoms with E-state index >= 15 is 0 Å². The van der Waals surface area contributed by atoms with Crippen LogP contribution in [0.15, 0.2) is 79.1 Å². The fourth-order valence-corrected chi connectivity index (χ4v) is 6.86. The minimum absolute atomic E-state index is 0.111. The number of piperazine rings is 1. The second-order valence-electron chi connectivity index (χ2n) is 14.6. The van der Waals surface area contributed by atoms with E-state index in [1.165, 1.54) is 11.8 Å². The van der Waals surface area contributed by atoms with Crippen LogP contribution >= 0.6 is 0 Å². The first-order valence-corrected chi connectivity index (χ1v) is 18.2. The van der Waals surface area contributed by atoms with Gasteiger partial charge in [-0.2, -0.15) is 23.4 Å². The molecule has 2 saturated heterocycles. The highest BCUT2D eigenvalue weighted by atomic mass is 19.4. The maximum absolute atomic E-state index is 13.3. The van der Waals surface area contributed by atoms with Gasteiger partial charge in [-0.15, -0.1) is 0 Å². The molecule has 55 heavy (non-hydrogen) atoms. The summed E-state index contributed by atoms with van der Waals surface area (Å²) in [6.45, 7) is 8.37. The van der Waals surface area contributed by atoms with Crippen LogP contribution in [0.2, 0.25) is 0 Å². The smallest absolute Gasteiger partial charge is 0.369 e. The molecule has 1 atom stereocenters. The predicted molar refractivity (Wildman–Crippen MR) is 199 cm³/mol. The third-order valence-corrected chi connectivity index (χ3v) is 10.5.